The lowest BCUT2D eigenvalue weighted by Crippen LogP contribution is -2.13. The smallest absolute Gasteiger partial charge is 0.238 e. The Morgan fingerprint density at radius 2 is 1.71 bits per heavy atom. The summed E-state index contributed by atoms with van der Waals surface area (Å²) in [5.41, 5.74) is -0.0408. The average Bonchev–Trinajstić information content (AvgIpc) is 3.20. The molecule has 2 atom stereocenters. The molecule has 2 heterocycles. The van der Waals surface area contributed by atoms with Crippen LogP contribution < -0.4 is 14.9 Å². The lowest BCUT2D eigenvalue weighted by Gasteiger charge is -2.18. The lowest BCUT2D eigenvalue weighted by molar-refractivity contribution is 0.157. The molecule has 6 N–H and O–H groups in total. The molecule has 1 aliphatic heterocycles. The van der Waals surface area contributed by atoms with E-state index in [1.807, 2.05) is 0 Å². The predicted octanol–water partition coefficient (Wildman–Crippen LogP) is 3.21. The largest absolute Gasteiger partial charge is 0.508 e. The van der Waals surface area contributed by atoms with Gasteiger partial charge in [0.05, 0.1) is 19.6 Å². The van der Waals surface area contributed by atoms with Crippen molar-refractivity contribution in [3.63, 3.8) is 0 Å². The van der Waals surface area contributed by atoms with Gasteiger partial charge in [-0.25, -0.2) is 0 Å². The molecule has 0 fully saturated rings. The zero-order valence-corrected chi connectivity index (χ0v) is 18.2. The van der Waals surface area contributed by atoms with E-state index in [0.717, 1.165) is 12.1 Å². The van der Waals surface area contributed by atoms with Crippen LogP contribution in [-0.2, 0) is 0 Å². The topological polar surface area (TPSA) is 170 Å². The normalized spacial score (nSPS) is 16.7. The maximum Gasteiger partial charge on any atom is 0.238 e. The molecule has 0 unspecified atom stereocenters. The van der Waals surface area contributed by atoms with E-state index in [4.69, 9.17) is 13.9 Å². The van der Waals surface area contributed by atoms with Gasteiger partial charge in [0, 0.05) is 23.3 Å². The van der Waals surface area contributed by atoms with E-state index in [9.17, 15) is 35.4 Å². The Kier molecular flexibility index (Phi) is 5.10. The van der Waals surface area contributed by atoms with Gasteiger partial charge in [0.2, 0.25) is 11.2 Å². The summed E-state index contributed by atoms with van der Waals surface area (Å²) < 4.78 is 16.7. The van der Waals surface area contributed by atoms with Gasteiger partial charge in [-0.15, -0.1) is 0 Å². The number of phenols is 4. The van der Waals surface area contributed by atoms with Crippen LogP contribution >= 0.6 is 0 Å². The highest BCUT2D eigenvalue weighted by Crippen LogP contribution is 2.52. The van der Waals surface area contributed by atoms with Crippen molar-refractivity contribution in [1.29, 1.82) is 0 Å². The fourth-order valence-corrected chi connectivity index (χ4v) is 4.38. The predicted molar refractivity (Wildman–Crippen MR) is 122 cm³/mol. The molecular weight excluding hydrogens is 460 g/mol. The van der Waals surface area contributed by atoms with Gasteiger partial charge >= 0.3 is 0 Å². The summed E-state index contributed by atoms with van der Waals surface area (Å²) in [6.45, 7) is -0.376. The quantitative estimate of drug-likeness (QED) is 0.255. The fourth-order valence-electron chi connectivity index (χ4n) is 4.38. The number of fused-ring (bicyclic) bond motifs is 2. The van der Waals surface area contributed by atoms with E-state index in [1.165, 1.54) is 25.3 Å². The number of methoxy groups -OCH3 is 1. The summed E-state index contributed by atoms with van der Waals surface area (Å²) in [4.78, 5) is 12.7. The van der Waals surface area contributed by atoms with Crippen LogP contribution in [0, 0.1) is 0 Å². The number of hydrogen-bond donors (Lipinski definition) is 6. The zero-order valence-electron chi connectivity index (χ0n) is 18.2. The summed E-state index contributed by atoms with van der Waals surface area (Å²) in [7, 11) is 1.40. The molecule has 35 heavy (non-hydrogen) atoms. The van der Waals surface area contributed by atoms with Crippen LogP contribution in [0.25, 0.3) is 22.3 Å². The number of ether oxygens (including phenoxy) is 2. The van der Waals surface area contributed by atoms with Crippen molar-refractivity contribution in [2.75, 3.05) is 13.7 Å². The summed E-state index contributed by atoms with van der Waals surface area (Å²) in [6, 6.07) is 9.36. The first-order valence-electron chi connectivity index (χ1n) is 10.5. The van der Waals surface area contributed by atoms with E-state index in [2.05, 4.69) is 0 Å². The molecule has 0 saturated heterocycles. The van der Waals surface area contributed by atoms with Gasteiger partial charge in [-0.1, -0.05) is 6.07 Å². The van der Waals surface area contributed by atoms with E-state index in [-0.39, 0.29) is 57.6 Å². The minimum absolute atomic E-state index is 0.0728. The molecule has 4 aromatic rings. The second kappa shape index (κ2) is 8.03. The molecule has 10 heteroatoms. The molecule has 0 bridgehead atoms. The van der Waals surface area contributed by atoms with Crippen LogP contribution in [0.2, 0.25) is 0 Å². The Bertz CT molecular complexity index is 1540. The van der Waals surface area contributed by atoms with Crippen molar-refractivity contribution >= 4 is 11.0 Å². The number of phenolic OH excluding ortho intramolecular Hbond substituents is 4. The maximum atomic E-state index is 12.7. The van der Waals surface area contributed by atoms with Crippen molar-refractivity contribution in [3.8, 4) is 51.6 Å². The number of aliphatic hydroxyl groups excluding tert-OH is 1. The molecular formula is C25H20O10. The first-order valence-corrected chi connectivity index (χ1v) is 10.5. The third kappa shape index (κ3) is 3.42. The molecule has 0 saturated carbocycles. The number of aliphatic hydroxyl groups is 1. The molecule has 0 aliphatic carbocycles. The number of benzene rings is 3. The Labute approximate surface area is 197 Å². The SMILES string of the molecule is COc1cc([C@@H]2Oc3c(O)cc(-c4oc5cc(O)cc(O)c5c(=O)c4O)cc3[C@H]2CO)ccc1O. The third-order valence-corrected chi connectivity index (χ3v) is 6.03. The highest BCUT2D eigenvalue weighted by molar-refractivity contribution is 5.88. The van der Waals surface area contributed by atoms with E-state index >= 15 is 0 Å². The molecule has 1 aliphatic rings. The first kappa shape index (κ1) is 22.2. The average molecular weight is 480 g/mol. The van der Waals surface area contributed by atoms with Crippen molar-refractivity contribution in [1.82, 2.24) is 0 Å². The Morgan fingerprint density at radius 3 is 2.43 bits per heavy atom. The number of hydrogen-bond acceptors (Lipinski definition) is 10. The van der Waals surface area contributed by atoms with Crippen LogP contribution in [0.15, 0.2) is 51.7 Å². The second-order valence-corrected chi connectivity index (χ2v) is 8.12. The zero-order chi connectivity index (χ0) is 25.0. The highest BCUT2D eigenvalue weighted by Gasteiger charge is 2.38. The minimum atomic E-state index is -0.928. The molecule has 0 radical (unpaired) electrons. The molecule has 0 amide bonds. The van der Waals surface area contributed by atoms with Crippen molar-refractivity contribution in [2.24, 2.45) is 0 Å². The van der Waals surface area contributed by atoms with Gasteiger partial charge in [0.25, 0.3) is 0 Å². The molecule has 1 aromatic heterocycles. The van der Waals surface area contributed by atoms with E-state index in [1.54, 1.807) is 12.1 Å². The van der Waals surface area contributed by atoms with Gasteiger partial charge in [-0.2, -0.15) is 0 Å². The second-order valence-electron chi connectivity index (χ2n) is 8.12. The van der Waals surface area contributed by atoms with Crippen LogP contribution in [0.3, 0.4) is 0 Å². The van der Waals surface area contributed by atoms with E-state index < -0.39 is 28.9 Å². The molecule has 0 spiro atoms. The molecule has 3 aromatic carbocycles. The Hall–Kier alpha value is -4.57. The minimum Gasteiger partial charge on any atom is -0.508 e. The molecule has 10 nitrogen and oxygen atoms in total. The third-order valence-electron chi connectivity index (χ3n) is 6.03. The molecule has 180 valence electrons. The number of rotatable bonds is 4. The summed E-state index contributed by atoms with van der Waals surface area (Å²) in [5, 5.41) is 60.8. The van der Waals surface area contributed by atoms with Gasteiger partial charge in [0.15, 0.2) is 28.8 Å². The van der Waals surface area contributed by atoms with Crippen molar-refractivity contribution < 1.29 is 44.5 Å². The first-order chi connectivity index (χ1) is 16.7. The van der Waals surface area contributed by atoms with Gasteiger partial charge in [0.1, 0.15) is 28.6 Å². The lowest BCUT2D eigenvalue weighted by atomic mass is 9.90. The Morgan fingerprint density at radius 1 is 0.943 bits per heavy atom. The van der Waals surface area contributed by atoms with Crippen molar-refractivity contribution in [2.45, 2.75) is 12.0 Å². The van der Waals surface area contributed by atoms with Crippen LogP contribution in [0.4, 0.5) is 0 Å². The van der Waals surface area contributed by atoms with Crippen LogP contribution in [0.1, 0.15) is 23.1 Å². The highest BCUT2D eigenvalue weighted by atomic mass is 16.5. The van der Waals surface area contributed by atoms with Crippen LogP contribution in [0.5, 0.6) is 40.2 Å². The maximum absolute atomic E-state index is 12.7. The molecule has 5 rings (SSSR count). The van der Waals surface area contributed by atoms with Crippen molar-refractivity contribution in [3.05, 3.63) is 63.8 Å². The summed E-state index contributed by atoms with van der Waals surface area (Å²) in [5.74, 6) is -2.79. The monoisotopic (exact) mass is 480 g/mol. The standard InChI is InChI=1S/C25H20O10/c1-33-18-6-10(2-3-15(18)28)23-14(9-26)13-4-11(5-17(30)25(13)35-23)24-22(32)21(31)20-16(29)7-12(27)8-19(20)34-24/h2-8,14,23,26-30,32H,9H2,1H3/t14-,23+/m1/s1. The summed E-state index contributed by atoms with van der Waals surface area (Å²) >= 11 is 0. The Balaban J connectivity index is 1.65. The van der Waals surface area contributed by atoms with E-state index in [0.29, 0.717) is 11.1 Å². The van der Waals surface area contributed by atoms with Gasteiger partial charge in [-0.05, 0) is 29.8 Å². The van der Waals surface area contributed by atoms with Gasteiger partial charge in [-0.3, -0.25) is 4.79 Å². The van der Waals surface area contributed by atoms with Crippen LogP contribution in [-0.4, -0.2) is 44.4 Å². The fraction of sp³-hybridized carbons (Fsp3) is 0.160. The van der Waals surface area contributed by atoms with Gasteiger partial charge < -0.3 is 44.5 Å². The number of aromatic hydroxyl groups is 5. The summed E-state index contributed by atoms with van der Waals surface area (Å²) in [6.07, 6.45) is -0.739.